The zero-order valence-electron chi connectivity index (χ0n) is 10.0. The van der Waals surface area contributed by atoms with E-state index in [9.17, 15) is 9.18 Å². The molecule has 0 aliphatic heterocycles. The van der Waals surface area contributed by atoms with Crippen LogP contribution in [0.5, 0.6) is 0 Å². The predicted molar refractivity (Wildman–Crippen MR) is 64.3 cm³/mol. The number of nitrogens with two attached hydrogens (primary N) is 1. The van der Waals surface area contributed by atoms with Crippen LogP contribution >= 0.6 is 0 Å². The molecule has 0 aliphatic carbocycles. The number of carbonyl (C=O) groups excluding carboxylic acids is 1. The lowest BCUT2D eigenvalue weighted by molar-refractivity contribution is -0.142. The molecule has 0 heterocycles. The molecule has 1 unspecified atom stereocenters. The number of carbonyl (C=O) groups is 1. The summed E-state index contributed by atoms with van der Waals surface area (Å²) in [5.74, 6) is -0.689. The summed E-state index contributed by atoms with van der Waals surface area (Å²) in [7, 11) is 3.17. The van der Waals surface area contributed by atoms with Crippen molar-refractivity contribution in [3.63, 3.8) is 0 Å². The standard InChI is InChI=1S/C12H17FN2O2/c1-15(8-7-11(14)12(16)17-2)10-5-3-9(13)4-6-10/h3-6,11H,7-8,14H2,1-2H3. The van der Waals surface area contributed by atoms with E-state index in [4.69, 9.17) is 5.73 Å². The van der Waals surface area contributed by atoms with E-state index in [-0.39, 0.29) is 5.82 Å². The Morgan fingerprint density at radius 3 is 2.59 bits per heavy atom. The van der Waals surface area contributed by atoms with Crippen LogP contribution in [0.15, 0.2) is 24.3 Å². The van der Waals surface area contributed by atoms with Crippen molar-refractivity contribution in [2.75, 3.05) is 25.6 Å². The highest BCUT2D eigenvalue weighted by molar-refractivity contribution is 5.75. The van der Waals surface area contributed by atoms with E-state index < -0.39 is 12.0 Å². The average Bonchev–Trinajstić information content (AvgIpc) is 2.35. The predicted octanol–water partition coefficient (Wildman–Crippen LogP) is 1.15. The molecular formula is C12H17FN2O2. The maximum absolute atomic E-state index is 12.7. The van der Waals surface area contributed by atoms with Crippen LogP contribution in [0.2, 0.25) is 0 Å². The molecule has 94 valence electrons. The van der Waals surface area contributed by atoms with Crippen molar-refractivity contribution in [3.05, 3.63) is 30.1 Å². The normalized spacial score (nSPS) is 12.0. The van der Waals surface area contributed by atoms with Gasteiger partial charge in [0.2, 0.25) is 0 Å². The highest BCUT2D eigenvalue weighted by atomic mass is 19.1. The van der Waals surface area contributed by atoms with E-state index >= 15 is 0 Å². The zero-order chi connectivity index (χ0) is 12.8. The molecular weight excluding hydrogens is 223 g/mol. The fourth-order valence-corrected chi connectivity index (χ4v) is 1.43. The van der Waals surface area contributed by atoms with Gasteiger partial charge < -0.3 is 15.4 Å². The summed E-state index contributed by atoms with van der Waals surface area (Å²) in [5, 5.41) is 0. The number of benzene rings is 1. The maximum atomic E-state index is 12.7. The van der Waals surface area contributed by atoms with Gasteiger partial charge in [-0.15, -0.1) is 0 Å². The van der Waals surface area contributed by atoms with E-state index in [0.717, 1.165) is 5.69 Å². The monoisotopic (exact) mass is 240 g/mol. The molecule has 0 spiro atoms. The number of ether oxygens (including phenoxy) is 1. The maximum Gasteiger partial charge on any atom is 0.322 e. The van der Waals surface area contributed by atoms with Crippen molar-refractivity contribution in [2.45, 2.75) is 12.5 Å². The molecule has 0 saturated carbocycles. The number of methoxy groups -OCH3 is 1. The van der Waals surface area contributed by atoms with Crippen molar-refractivity contribution >= 4 is 11.7 Å². The Kier molecular flexibility index (Phi) is 4.90. The molecule has 4 nitrogen and oxygen atoms in total. The molecule has 1 aromatic carbocycles. The fourth-order valence-electron chi connectivity index (χ4n) is 1.43. The lowest BCUT2D eigenvalue weighted by atomic mass is 10.2. The lowest BCUT2D eigenvalue weighted by Crippen LogP contribution is -2.35. The first-order chi connectivity index (χ1) is 8.04. The zero-order valence-corrected chi connectivity index (χ0v) is 10.0. The van der Waals surface area contributed by atoms with Gasteiger partial charge in [0.05, 0.1) is 7.11 Å². The minimum Gasteiger partial charge on any atom is -0.468 e. The highest BCUT2D eigenvalue weighted by Gasteiger charge is 2.14. The summed E-state index contributed by atoms with van der Waals surface area (Å²) in [6.45, 7) is 0.599. The molecule has 0 amide bonds. The number of esters is 1. The number of halogens is 1. The molecule has 0 fully saturated rings. The van der Waals surface area contributed by atoms with Crippen molar-refractivity contribution < 1.29 is 13.9 Å². The SMILES string of the molecule is COC(=O)C(N)CCN(C)c1ccc(F)cc1. The van der Waals surface area contributed by atoms with Crippen LogP contribution in [0.3, 0.4) is 0 Å². The van der Waals surface area contributed by atoms with Gasteiger partial charge in [-0.2, -0.15) is 0 Å². The summed E-state index contributed by atoms with van der Waals surface area (Å²) >= 11 is 0. The molecule has 0 aromatic heterocycles. The van der Waals surface area contributed by atoms with Crippen LogP contribution in [0, 0.1) is 5.82 Å². The van der Waals surface area contributed by atoms with Crippen LogP contribution in [-0.2, 0) is 9.53 Å². The van der Waals surface area contributed by atoms with Crippen LogP contribution in [-0.4, -0.2) is 32.7 Å². The summed E-state index contributed by atoms with van der Waals surface area (Å²) in [6.07, 6.45) is 0.487. The molecule has 0 saturated heterocycles. The van der Waals surface area contributed by atoms with Gasteiger partial charge in [0, 0.05) is 19.3 Å². The minimum absolute atomic E-state index is 0.270. The number of hydrogen-bond acceptors (Lipinski definition) is 4. The smallest absolute Gasteiger partial charge is 0.322 e. The van der Waals surface area contributed by atoms with E-state index in [1.54, 1.807) is 12.1 Å². The Morgan fingerprint density at radius 2 is 2.06 bits per heavy atom. The summed E-state index contributed by atoms with van der Waals surface area (Å²) in [6, 6.07) is 5.53. The lowest BCUT2D eigenvalue weighted by Gasteiger charge is -2.20. The third-order valence-electron chi connectivity index (χ3n) is 2.55. The Bertz CT molecular complexity index is 367. The van der Waals surface area contributed by atoms with E-state index in [2.05, 4.69) is 4.74 Å². The van der Waals surface area contributed by atoms with Gasteiger partial charge in [0.15, 0.2) is 0 Å². The van der Waals surface area contributed by atoms with Gasteiger partial charge in [-0.25, -0.2) is 4.39 Å². The molecule has 0 radical (unpaired) electrons. The molecule has 1 aromatic rings. The van der Waals surface area contributed by atoms with E-state index in [1.165, 1.54) is 19.2 Å². The van der Waals surface area contributed by atoms with Crippen molar-refractivity contribution in [2.24, 2.45) is 5.73 Å². The summed E-state index contributed by atoms with van der Waals surface area (Å²) in [5.41, 5.74) is 6.50. The van der Waals surface area contributed by atoms with E-state index in [0.29, 0.717) is 13.0 Å². The van der Waals surface area contributed by atoms with Crippen LogP contribution < -0.4 is 10.6 Å². The quantitative estimate of drug-likeness (QED) is 0.784. The molecule has 17 heavy (non-hydrogen) atoms. The Hall–Kier alpha value is -1.62. The van der Waals surface area contributed by atoms with Gasteiger partial charge in [-0.05, 0) is 30.7 Å². The van der Waals surface area contributed by atoms with Crippen molar-refractivity contribution in [1.82, 2.24) is 0 Å². The van der Waals surface area contributed by atoms with E-state index in [1.807, 2.05) is 11.9 Å². The minimum atomic E-state index is -0.622. The number of anilines is 1. The Balaban J connectivity index is 2.47. The van der Waals surface area contributed by atoms with Gasteiger partial charge in [0.25, 0.3) is 0 Å². The second-order valence-corrected chi connectivity index (χ2v) is 3.82. The van der Waals surface area contributed by atoms with Crippen LogP contribution in [0.1, 0.15) is 6.42 Å². The Labute approximate surface area is 100 Å². The van der Waals surface area contributed by atoms with Gasteiger partial charge in [-0.1, -0.05) is 0 Å². The first-order valence-electron chi connectivity index (χ1n) is 5.34. The van der Waals surface area contributed by atoms with Crippen molar-refractivity contribution in [3.8, 4) is 0 Å². The Morgan fingerprint density at radius 1 is 1.47 bits per heavy atom. The molecule has 0 bridgehead atoms. The molecule has 5 heteroatoms. The molecule has 0 aliphatic rings. The summed E-state index contributed by atoms with van der Waals surface area (Å²) in [4.78, 5) is 13.0. The largest absolute Gasteiger partial charge is 0.468 e. The van der Waals surface area contributed by atoms with Gasteiger partial charge in [-0.3, -0.25) is 4.79 Å². The molecule has 1 rings (SSSR count). The fraction of sp³-hybridized carbons (Fsp3) is 0.417. The highest BCUT2D eigenvalue weighted by Crippen LogP contribution is 2.13. The molecule has 1 atom stereocenters. The first-order valence-corrected chi connectivity index (χ1v) is 5.34. The van der Waals surface area contributed by atoms with Gasteiger partial charge >= 0.3 is 5.97 Å². The summed E-state index contributed by atoms with van der Waals surface area (Å²) < 4.78 is 17.2. The van der Waals surface area contributed by atoms with Crippen LogP contribution in [0.4, 0.5) is 10.1 Å². The number of hydrogen-bond donors (Lipinski definition) is 1. The number of nitrogens with zero attached hydrogens (tertiary/aromatic N) is 1. The molecule has 2 N–H and O–H groups in total. The topological polar surface area (TPSA) is 55.6 Å². The third kappa shape index (κ3) is 4.03. The van der Waals surface area contributed by atoms with Crippen LogP contribution in [0.25, 0.3) is 0 Å². The van der Waals surface area contributed by atoms with Crippen molar-refractivity contribution in [1.29, 1.82) is 0 Å². The third-order valence-corrected chi connectivity index (χ3v) is 2.55. The first kappa shape index (κ1) is 13.4. The average molecular weight is 240 g/mol. The number of rotatable bonds is 5. The second-order valence-electron chi connectivity index (χ2n) is 3.82. The second kappa shape index (κ2) is 6.20. The van der Waals surface area contributed by atoms with Gasteiger partial charge in [0.1, 0.15) is 11.9 Å².